The highest BCUT2D eigenvalue weighted by Crippen LogP contribution is 2.20. The Morgan fingerprint density at radius 1 is 1.03 bits per heavy atom. The summed E-state index contributed by atoms with van der Waals surface area (Å²) in [5.74, 6) is -1.03. The molecule has 0 saturated carbocycles. The van der Waals surface area contributed by atoms with Crippen LogP contribution in [0.3, 0.4) is 0 Å². The first-order chi connectivity index (χ1) is 14.2. The number of aryl methyl sites for hydroxylation is 2. The highest BCUT2D eigenvalue weighted by molar-refractivity contribution is 6.03. The molecule has 1 N–H and O–H groups in total. The van der Waals surface area contributed by atoms with Gasteiger partial charge in [0, 0.05) is 34.8 Å². The smallest absolute Gasteiger partial charge is 0.355 e. The van der Waals surface area contributed by atoms with E-state index in [1.807, 2.05) is 50.2 Å². The SMILES string of the molecule is CC(=O)c1c(C)[nH]c(C(=O)OCC(=O)c2cc(C)n(Cc3ccccc3)c2C)c1C. The molecule has 0 atom stereocenters. The molecule has 3 aromatic rings. The average molecular weight is 406 g/mol. The number of H-pyrrole nitrogens is 1. The number of nitrogens with zero attached hydrogens (tertiary/aromatic N) is 1. The highest BCUT2D eigenvalue weighted by Gasteiger charge is 2.23. The fourth-order valence-corrected chi connectivity index (χ4v) is 3.86. The van der Waals surface area contributed by atoms with Crippen LogP contribution in [0.25, 0.3) is 0 Å². The van der Waals surface area contributed by atoms with E-state index in [0.717, 1.165) is 17.0 Å². The van der Waals surface area contributed by atoms with Gasteiger partial charge >= 0.3 is 5.97 Å². The topological polar surface area (TPSA) is 81.2 Å². The van der Waals surface area contributed by atoms with Crippen LogP contribution in [0.15, 0.2) is 36.4 Å². The molecule has 2 heterocycles. The molecule has 0 unspecified atom stereocenters. The van der Waals surface area contributed by atoms with Crippen molar-refractivity contribution in [2.45, 2.75) is 41.2 Å². The van der Waals surface area contributed by atoms with Crippen molar-refractivity contribution in [2.24, 2.45) is 0 Å². The van der Waals surface area contributed by atoms with Crippen LogP contribution in [0.5, 0.6) is 0 Å². The maximum absolute atomic E-state index is 12.7. The van der Waals surface area contributed by atoms with Crippen LogP contribution in [0.1, 0.15) is 66.3 Å². The van der Waals surface area contributed by atoms with Crippen molar-refractivity contribution in [1.82, 2.24) is 9.55 Å². The number of hydrogen-bond acceptors (Lipinski definition) is 4. The van der Waals surface area contributed by atoms with E-state index in [9.17, 15) is 14.4 Å². The standard InChI is InChI=1S/C24H26N2O4/c1-14-11-20(17(4)26(14)12-19-9-7-6-8-10-19)21(28)13-30-24(29)23-15(2)22(18(5)27)16(3)25-23/h6-11,25H,12-13H2,1-5H3. The number of Topliss-reactive ketones (excluding diaryl/α,β-unsaturated/α-hetero) is 2. The third-order valence-corrected chi connectivity index (χ3v) is 5.39. The van der Waals surface area contributed by atoms with Crippen molar-refractivity contribution < 1.29 is 19.1 Å². The van der Waals surface area contributed by atoms with Crippen molar-refractivity contribution in [3.8, 4) is 0 Å². The summed E-state index contributed by atoms with van der Waals surface area (Å²) >= 11 is 0. The number of nitrogens with one attached hydrogen (secondary N) is 1. The van der Waals surface area contributed by atoms with Gasteiger partial charge < -0.3 is 14.3 Å². The van der Waals surface area contributed by atoms with Gasteiger partial charge in [-0.25, -0.2) is 4.79 Å². The molecule has 1 aromatic carbocycles. The van der Waals surface area contributed by atoms with Crippen LogP contribution in [0.4, 0.5) is 0 Å². The van der Waals surface area contributed by atoms with Gasteiger partial charge in [0.2, 0.25) is 5.78 Å². The molecule has 156 valence electrons. The molecular formula is C24H26N2O4. The lowest BCUT2D eigenvalue weighted by Crippen LogP contribution is -2.16. The summed E-state index contributed by atoms with van der Waals surface area (Å²) in [6.07, 6.45) is 0. The lowest BCUT2D eigenvalue weighted by molar-refractivity contribution is 0.0468. The maximum Gasteiger partial charge on any atom is 0.355 e. The normalized spacial score (nSPS) is 10.8. The summed E-state index contributed by atoms with van der Waals surface area (Å²) in [4.78, 5) is 39.8. The molecule has 0 radical (unpaired) electrons. The molecule has 0 bridgehead atoms. The highest BCUT2D eigenvalue weighted by atomic mass is 16.5. The number of esters is 1. The molecule has 6 heteroatoms. The second kappa shape index (κ2) is 8.53. The van der Waals surface area contributed by atoms with Gasteiger partial charge in [-0.05, 0) is 51.8 Å². The van der Waals surface area contributed by atoms with E-state index in [-0.39, 0.29) is 23.9 Å². The fourth-order valence-electron chi connectivity index (χ4n) is 3.86. The summed E-state index contributed by atoms with van der Waals surface area (Å²) in [5, 5.41) is 0. The molecule has 6 nitrogen and oxygen atoms in total. The zero-order valence-corrected chi connectivity index (χ0v) is 18.0. The van der Waals surface area contributed by atoms with Gasteiger partial charge in [-0.2, -0.15) is 0 Å². The number of aromatic amines is 1. The number of benzene rings is 1. The fraction of sp³-hybridized carbons (Fsp3) is 0.292. The van der Waals surface area contributed by atoms with E-state index >= 15 is 0 Å². The number of ether oxygens (including phenoxy) is 1. The maximum atomic E-state index is 12.7. The van der Waals surface area contributed by atoms with E-state index in [2.05, 4.69) is 9.55 Å². The molecule has 0 saturated heterocycles. The molecule has 0 spiro atoms. The summed E-state index contributed by atoms with van der Waals surface area (Å²) < 4.78 is 7.33. The molecule has 0 aliphatic rings. The van der Waals surface area contributed by atoms with Crippen LogP contribution in [0.2, 0.25) is 0 Å². The van der Waals surface area contributed by atoms with Crippen LogP contribution in [0, 0.1) is 27.7 Å². The van der Waals surface area contributed by atoms with E-state index in [1.165, 1.54) is 6.92 Å². The van der Waals surface area contributed by atoms with E-state index in [0.29, 0.717) is 28.9 Å². The molecule has 0 amide bonds. The molecule has 30 heavy (non-hydrogen) atoms. The second-order valence-corrected chi connectivity index (χ2v) is 7.54. The quantitative estimate of drug-likeness (QED) is 0.467. The lowest BCUT2D eigenvalue weighted by atomic mass is 10.1. The van der Waals surface area contributed by atoms with E-state index in [1.54, 1.807) is 13.8 Å². The Morgan fingerprint density at radius 2 is 1.70 bits per heavy atom. The van der Waals surface area contributed by atoms with Crippen molar-refractivity contribution in [3.05, 3.63) is 81.4 Å². The molecule has 2 aromatic heterocycles. The van der Waals surface area contributed by atoms with Gasteiger partial charge in [0.15, 0.2) is 12.4 Å². The van der Waals surface area contributed by atoms with Crippen molar-refractivity contribution >= 4 is 17.5 Å². The monoisotopic (exact) mass is 406 g/mol. The first-order valence-corrected chi connectivity index (χ1v) is 9.81. The van der Waals surface area contributed by atoms with Crippen LogP contribution < -0.4 is 0 Å². The van der Waals surface area contributed by atoms with Gasteiger partial charge in [-0.15, -0.1) is 0 Å². The minimum absolute atomic E-state index is 0.123. The number of ketones is 2. The van der Waals surface area contributed by atoms with Crippen LogP contribution >= 0.6 is 0 Å². The Hall–Kier alpha value is -3.41. The van der Waals surface area contributed by atoms with Gasteiger partial charge in [0.1, 0.15) is 5.69 Å². The van der Waals surface area contributed by atoms with E-state index < -0.39 is 5.97 Å². The number of hydrogen-bond donors (Lipinski definition) is 1. The lowest BCUT2D eigenvalue weighted by Gasteiger charge is -2.10. The zero-order valence-electron chi connectivity index (χ0n) is 18.0. The predicted molar refractivity (Wildman–Crippen MR) is 114 cm³/mol. The minimum Gasteiger partial charge on any atom is -0.453 e. The predicted octanol–water partition coefficient (Wildman–Crippen LogP) is 4.34. The van der Waals surface area contributed by atoms with Gasteiger partial charge in [-0.3, -0.25) is 9.59 Å². The third-order valence-electron chi connectivity index (χ3n) is 5.39. The minimum atomic E-state index is -0.644. The van der Waals surface area contributed by atoms with Gasteiger partial charge in [0.05, 0.1) is 0 Å². The Kier molecular flexibility index (Phi) is 6.06. The summed E-state index contributed by atoms with van der Waals surface area (Å²) in [6, 6.07) is 11.8. The number of carbonyl (C=O) groups excluding carboxylic acids is 3. The molecule has 0 aliphatic heterocycles. The largest absolute Gasteiger partial charge is 0.453 e. The molecule has 0 fully saturated rings. The number of aromatic nitrogens is 2. The Morgan fingerprint density at radius 3 is 2.30 bits per heavy atom. The Balaban J connectivity index is 1.73. The average Bonchev–Trinajstić information content (AvgIpc) is 3.16. The van der Waals surface area contributed by atoms with Crippen molar-refractivity contribution in [2.75, 3.05) is 6.61 Å². The number of carbonyl (C=O) groups is 3. The molecule has 0 aliphatic carbocycles. The Labute approximate surface area is 175 Å². The van der Waals surface area contributed by atoms with Gasteiger partial charge in [0.25, 0.3) is 0 Å². The first-order valence-electron chi connectivity index (χ1n) is 9.81. The van der Waals surface area contributed by atoms with Crippen LogP contribution in [-0.2, 0) is 11.3 Å². The molecule has 3 rings (SSSR count). The van der Waals surface area contributed by atoms with E-state index in [4.69, 9.17) is 4.74 Å². The summed E-state index contributed by atoms with van der Waals surface area (Å²) in [6.45, 7) is 9.02. The van der Waals surface area contributed by atoms with Crippen molar-refractivity contribution in [1.29, 1.82) is 0 Å². The second-order valence-electron chi connectivity index (χ2n) is 7.54. The summed E-state index contributed by atoms with van der Waals surface area (Å²) in [7, 11) is 0. The number of rotatable bonds is 7. The Bertz CT molecular complexity index is 1120. The first kappa shape index (κ1) is 21.3. The van der Waals surface area contributed by atoms with Gasteiger partial charge in [-0.1, -0.05) is 30.3 Å². The summed E-state index contributed by atoms with van der Waals surface area (Å²) in [5.41, 5.74) is 5.33. The van der Waals surface area contributed by atoms with Crippen molar-refractivity contribution in [3.63, 3.8) is 0 Å². The zero-order chi connectivity index (χ0) is 22.0. The molecular weight excluding hydrogens is 380 g/mol. The third kappa shape index (κ3) is 4.13. The van der Waals surface area contributed by atoms with Crippen LogP contribution in [-0.4, -0.2) is 33.7 Å².